The number of aromatic nitrogens is 1. The maximum atomic E-state index is 3.80. The molecule has 1 heteroatoms. The van der Waals surface area contributed by atoms with Gasteiger partial charge in [0.05, 0.1) is 5.52 Å². The van der Waals surface area contributed by atoms with Gasteiger partial charge in [0.2, 0.25) is 0 Å². The molecule has 1 nitrogen and oxygen atoms in total. The van der Waals surface area contributed by atoms with E-state index in [1.54, 1.807) is 0 Å². The van der Waals surface area contributed by atoms with Gasteiger partial charge in [-0.1, -0.05) is 37.4 Å². The topological polar surface area (TPSA) is 15.8 Å². The Morgan fingerprint density at radius 3 is 2.62 bits per heavy atom. The summed E-state index contributed by atoms with van der Waals surface area (Å²) in [7, 11) is 0. The molecule has 1 heterocycles. The summed E-state index contributed by atoms with van der Waals surface area (Å²) >= 11 is 0. The Morgan fingerprint density at radius 2 is 1.92 bits per heavy atom. The molecule has 0 unspecified atom stereocenters. The molecular weight excluding hydrogens is 158 g/mol. The molecule has 0 aliphatic heterocycles. The third-order valence-corrected chi connectivity index (χ3v) is 2.23. The molecule has 2 aromatic rings. The Kier molecular flexibility index (Phi) is 1.78. The first-order chi connectivity index (χ1) is 6.36. The minimum atomic E-state index is 1.12. The van der Waals surface area contributed by atoms with E-state index in [0.29, 0.717) is 0 Å². The highest BCUT2D eigenvalue weighted by atomic mass is 14.7. The van der Waals surface area contributed by atoms with Crippen LogP contribution in [-0.2, 0) is 0 Å². The van der Waals surface area contributed by atoms with Gasteiger partial charge in [-0.25, -0.2) is 0 Å². The first kappa shape index (κ1) is 7.87. The Labute approximate surface area is 77.4 Å². The third-order valence-electron chi connectivity index (χ3n) is 2.23. The van der Waals surface area contributed by atoms with Gasteiger partial charge in [-0.2, -0.15) is 0 Å². The van der Waals surface area contributed by atoms with Crippen molar-refractivity contribution in [2.75, 3.05) is 0 Å². The van der Waals surface area contributed by atoms with Crippen LogP contribution in [0.3, 0.4) is 0 Å². The van der Waals surface area contributed by atoms with E-state index in [1.807, 2.05) is 18.3 Å². The Hall–Kier alpha value is -1.76. The molecule has 0 bridgehead atoms. The minimum absolute atomic E-state index is 1.12. The van der Waals surface area contributed by atoms with Gasteiger partial charge in [0, 0.05) is 17.1 Å². The summed E-state index contributed by atoms with van der Waals surface area (Å²) in [6.45, 7) is 7.57. The van der Waals surface area contributed by atoms with Crippen molar-refractivity contribution in [3.63, 3.8) is 0 Å². The summed E-state index contributed by atoms with van der Waals surface area (Å²) in [4.78, 5) is 3.19. The van der Waals surface area contributed by atoms with Crippen LogP contribution in [0.25, 0.3) is 23.1 Å². The van der Waals surface area contributed by atoms with E-state index in [9.17, 15) is 0 Å². The maximum Gasteiger partial charge on any atom is 0.0533 e. The summed E-state index contributed by atoms with van der Waals surface area (Å²) in [6.07, 6.45) is 5.64. The summed E-state index contributed by atoms with van der Waals surface area (Å²) < 4.78 is 0. The average molecular weight is 169 g/mol. The highest BCUT2D eigenvalue weighted by Crippen LogP contribution is 2.22. The van der Waals surface area contributed by atoms with E-state index < -0.39 is 0 Å². The zero-order chi connectivity index (χ0) is 9.26. The van der Waals surface area contributed by atoms with Crippen molar-refractivity contribution >= 4 is 23.1 Å². The smallest absolute Gasteiger partial charge is 0.0533 e. The standard InChI is InChI=1S/C12H11N/c1-3-9-5-6-10-7-8-13-12(10)11(9)4-2/h3-8,13H,1-2H2. The lowest BCUT2D eigenvalue weighted by molar-refractivity contribution is 1.46. The van der Waals surface area contributed by atoms with Gasteiger partial charge < -0.3 is 4.98 Å². The predicted octanol–water partition coefficient (Wildman–Crippen LogP) is 3.45. The fourth-order valence-electron chi connectivity index (χ4n) is 1.57. The van der Waals surface area contributed by atoms with Gasteiger partial charge in [0.15, 0.2) is 0 Å². The molecule has 2 rings (SSSR count). The van der Waals surface area contributed by atoms with Crippen molar-refractivity contribution in [2.24, 2.45) is 0 Å². The second-order valence-electron chi connectivity index (χ2n) is 2.92. The van der Waals surface area contributed by atoms with E-state index in [2.05, 4.69) is 36.3 Å². The number of rotatable bonds is 2. The van der Waals surface area contributed by atoms with Gasteiger partial charge in [-0.3, -0.25) is 0 Å². The Morgan fingerprint density at radius 1 is 1.08 bits per heavy atom. The van der Waals surface area contributed by atoms with Crippen molar-refractivity contribution in [3.05, 3.63) is 48.7 Å². The van der Waals surface area contributed by atoms with Crippen molar-refractivity contribution in [1.29, 1.82) is 0 Å². The average Bonchev–Trinajstić information content (AvgIpc) is 2.63. The fourth-order valence-corrected chi connectivity index (χ4v) is 1.57. The molecule has 0 aliphatic rings. The molecule has 64 valence electrons. The zero-order valence-electron chi connectivity index (χ0n) is 7.38. The number of fused-ring (bicyclic) bond motifs is 1. The zero-order valence-corrected chi connectivity index (χ0v) is 7.38. The molecule has 0 aliphatic carbocycles. The number of H-pyrrole nitrogens is 1. The van der Waals surface area contributed by atoms with Crippen LogP contribution in [0.15, 0.2) is 37.6 Å². The van der Waals surface area contributed by atoms with Gasteiger partial charge >= 0.3 is 0 Å². The van der Waals surface area contributed by atoms with Gasteiger partial charge in [0.25, 0.3) is 0 Å². The van der Waals surface area contributed by atoms with Crippen LogP contribution >= 0.6 is 0 Å². The molecule has 0 radical (unpaired) electrons. The van der Waals surface area contributed by atoms with Gasteiger partial charge in [-0.05, 0) is 11.6 Å². The monoisotopic (exact) mass is 169 g/mol. The van der Waals surface area contributed by atoms with Crippen molar-refractivity contribution in [3.8, 4) is 0 Å². The fraction of sp³-hybridized carbons (Fsp3) is 0. The number of benzene rings is 1. The quantitative estimate of drug-likeness (QED) is 0.708. The van der Waals surface area contributed by atoms with Crippen LogP contribution in [-0.4, -0.2) is 4.98 Å². The summed E-state index contributed by atoms with van der Waals surface area (Å²) in [5.41, 5.74) is 3.37. The molecule has 1 aromatic heterocycles. The summed E-state index contributed by atoms with van der Waals surface area (Å²) in [5, 5.41) is 1.21. The van der Waals surface area contributed by atoms with Crippen molar-refractivity contribution in [2.45, 2.75) is 0 Å². The lowest BCUT2D eigenvalue weighted by Crippen LogP contribution is -1.81. The van der Waals surface area contributed by atoms with Gasteiger partial charge in [-0.15, -0.1) is 0 Å². The second kappa shape index (κ2) is 2.94. The molecular formula is C12H11N. The molecule has 0 saturated heterocycles. The third kappa shape index (κ3) is 1.09. The number of hydrogen-bond acceptors (Lipinski definition) is 0. The molecule has 0 atom stereocenters. The van der Waals surface area contributed by atoms with E-state index in [4.69, 9.17) is 0 Å². The van der Waals surface area contributed by atoms with Crippen molar-refractivity contribution in [1.82, 2.24) is 4.98 Å². The highest BCUT2D eigenvalue weighted by molar-refractivity contribution is 5.91. The Balaban J connectivity index is 2.89. The molecule has 1 aromatic carbocycles. The van der Waals surface area contributed by atoms with Crippen LogP contribution in [0.2, 0.25) is 0 Å². The Bertz CT molecular complexity index is 463. The largest absolute Gasteiger partial charge is 0.361 e. The maximum absolute atomic E-state index is 3.80. The normalized spacial score (nSPS) is 10.2. The van der Waals surface area contributed by atoms with Gasteiger partial charge in [0.1, 0.15) is 0 Å². The molecule has 0 fully saturated rings. The molecule has 0 amide bonds. The molecule has 0 spiro atoms. The number of hydrogen-bond donors (Lipinski definition) is 1. The SMILES string of the molecule is C=Cc1ccc2cc[nH]c2c1C=C. The number of nitrogens with one attached hydrogen (secondary N) is 1. The number of aromatic amines is 1. The van der Waals surface area contributed by atoms with E-state index >= 15 is 0 Å². The molecule has 13 heavy (non-hydrogen) atoms. The molecule has 1 N–H and O–H groups in total. The van der Waals surface area contributed by atoms with Crippen molar-refractivity contribution < 1.29 is 0 Å². The summed E-state index contributed by atoms with van der Waals surface area (Å²) in [6, 6.07) is 6.19. The van der Waals surface area contributed by atoms with Crippen LogP contribution in [0.5, 0.6) is 0 Å². The van der Waals surface area contributed by atoms with Crippen LogP contribution in [0.1, 0.15) is 11.1 Å². The van der Waals surface area contributed by atoms with Crippen LogP contribution < -0.4 is 0 Å². The first-order valence-electron chi connectivity index (χ1n) is 4.22. The second-order valence-corrected chi connectivity index (χ2v) is 2.92. The summed E-state index contributed by atoms with van der Waals surface area (Å²) in [5.74, 6) is 0. The lowest BCUT2D eigenvalue weighted by atomic mass is 10.0. The highest BCUT2D eigenvalue weighted by Gasteiger charge is 2.02. The van der Waals surface area contributed by atoms with Crippen LogP contribution in [0.4, 0.5) is 0 Å². The van der Waals surface area contributed by atoms with E-state index in [0.717, 1.165) is 16.6 Å². The van der Waals surface area contributed by atoms with E-state index in [-0.39, 0.29) is 0 Å². The minimum Gasteiger partial charge on any atom is -0.361 e. The van der Waals surface area contributed by atoms with E-state index in [1.165, 1.54) is 5.39 Å². The first-order valence-corrected chi connectivity index (χ1v) is 4.22. The molecule has 0 saturated carbocycles. The van der Waals surface area contributed by atoms with Crippen LogP contribution in [0, 0.1) is 0 Å². The predicted molar refractivity (Wildman–Crippen MR) is 58.5 cm³/mol. The lowest BCUT2D eigenvalue weighted by Gasteiger charge is -2.01.